The second kappa shape index (κ2) is 5.95. The fraction of sp³-hybridized carbons (Fsp3) is 0.308. The highest BCUT2D eigenvalue weighted by atomic mass is 16.5. The molecule has 5 heteroatoms. The molecule has 5 nitrogen and oxygen atoms in total. The maximum absolute atomic E-state index is 5.68. The van der Waals surface area contributed by atoms with E-state index in [1.54, 1.807) is 31.8 Å². The zero-order valence-electron chi connectivity index (χ0n) is 10.4. The van der Waals surface area contributed by atoms with E-state index in [-0.39, 0.29) is 0 Å². The van der Waals surface area contributed by atoms with Crippen LogP contribution < -0.4 is 15.2 Å². The number of anilines is 1. The predicted molar refractivity (Wildman–Crippen MR) is 69.7 cm³/mol. The molecule has 1 aromatic carbocycles. The summed E-state index contributed by atoms with van der Waals surface area (Å²) in [6, 6.07) is 5.38. The lowest BCUT2D eigenvalue weighted by Crippen LogP contribution is -2.04. The zero-order chi connectivity index (χ0) is 12.8. The molecule has 0 aliphatic carbocycles. The number of nitrogens with zero attached hydrogens (tertiary/aromatic N) is 2. The number of ether oxygens (including phenoxy) is 2. The molecule has 0 saturated carbocycles. The third kappa shape index (κ3) is 3.16. The second-order valence-electron chi connectivity index (χ2n) is 3.91. The van der Waals surface area contributed by atoms with Gasteiger partial charge in [-0.1, -0.05) is 0 Å². The largest absolute Gasteiger partial charge is 0.493 e. The van der Waals surface area contributed by atoms with E-state index in [1.165, 1.54) is 0 Å². The molecule has 0 spiro atoms. The van der Waals surface area contributed by atoms with Gasteiger partial charge in [0.1, 0.15) is 0 Å². The van der Waals surface area contributed by atoms with E-state index in [9.17, 15) is 0 Å². The second-order valence-corrected chi connectivity index (χ2v) is 3.91. The fourth-order valence-corrected chi connectivity index (χ4v) is 1.65. The Hall–Kier alpha value is -2.17. The third-order valence-electron chi connectivity index (χ3n) is 2.57. The van der Waals surface area contributed by atoms with Gasteiger partial charge in [-0.2, -0.15) is 0 Å². The molecule has 0 amide bonds. The minimum atomic E-state index is 0.623. The van der Waals surface area contributed by atoms with E-state index in [0.29, 0.717) is 18.0 Å². The Bertz CT molecular complexity index is 483. The van der Waals surface area contributed by atoms with Crippen molar-refractivity contribution in [3.63, 3.8) is 0 Å². The van der Waals surface area contributed by atoms with E-state index in [2.05, 4.69) is 4.98 Å². The van der Waals surface area contributed by atoms with E-state index in [4.69, 9.17) is 15.2 Å². The topological polar surface area (TPSA) is 62.3 Å². The Morgan fingerprint density at radius 2 is 2.22 bits per heavy atom. The molecular formula is C13H17N3O2. The summed E-state index contributed by atoms with van der Waals surface area (Å²) in [4.78, 5) is 3.98. The molecular weight excluding hydrogens is 230 g/mol. The van der Waals surface area contributed by atoms with Gasteiger partial charge >= 0.3 is 0 Å². The Morgan fingerprint density at radius 1 is 1.33 bits per heavy atom. The summed E-state index contributed by atoms with van der Waals surface area (Å²) < 4.78 is 12.9. The van der Waals surface area contributed by atoms with Crippen molar-refractivity contribution in [1.82, 2.24) is 9.55 Å². The molecule has 0 aliphatic rings. The molecule has 0 saturated heterocycles. The lowest BCUT2D eigenvalue weighted by atomic mass is 10.3. The van der Waals surface area contributed by atoms with Crippen molar-refractivity contribution in [2.45, 2.75) is 13.0 Å². The quantitative estimate of drug-likeness (QED) is 0.626. The maximum Gasteiger partial charge on any atom is 0.162 e. The zero-order valence-corrected chi connectivity index (χ0v) is 10.4. The molecule has 2 aromatic rings. The van der Waals surface area contributed by atoms with Gasteiger partial charge in [-0.05, 0) is 18.6 Å². The van der Waals surface area contributed by atoms with Gasteiger partial charge in [0.25, 0.3) is 0 Å². The van der Waals surface area contributed by atoms with Crippen LogP contribution in [0.25, 0.3) is 0 Å². The molecule has 2 rings (SSSR count). The van der Waals surface area contributed by atoms with Crippen LogP contribution in [0.15, 0.2) is 36.9 Å². The molecule has 1 heterocycles. The molecule has 96 valence electrons. The summed E-state index contributed by atoms with van der Waals surface area (Å²) >= 11 is 0. The van der Waals surface area contributed by atoms with Crippen molar-refractivity contribution in [3.05, 3.63) is 36.9 Å². The number of nitrogen functional groups attached to an aromatic ring is 1. The highest BCUT2D eigenvalue weighted by molar-refractivity contribution is 5.51. The smallest absolute Gasteiger partial charge is 0.162 e. The minimum Gasteiger partial charge on any atom is -0.493 e. The van der Waals surface area contributed by atoms with Gasteiger partial charge in [0.2, 0.25) is 0 Å². The molecule has 1 aromatic heterocycles. The van der Waals surface area contributed by atoms with Crippen LogP contribution in [-0.2, 0) is 6.54 Å². The van der Waals surface area contributed by atoms with Crippen LogP contribution in [0.3, 0.4) is 0 Å². The summed E-state index contributed by atoms with van der Waals surface area (Å²) in [5.74, 6) is 1.38. The van der Waals surface area contributed by atoms with Gasteiger partial charge in [0, 0.05) is 30.7 Å². The predicted octanol–water partition coefficient (Wildman–Crippen LogP) is 1.94. The molecule has 0 radical (unpaired) electrons. The Labute approximate surface area is 106 Å². The minimum absolute atomic E-state index is 0.623. The first-order chi connectivity index (χ1) is 8.79. The van der Waals surface area contributed by atoms with Crippen molar-refractivity contribution in [2.75, 3.05) is 19.5 Å². The number of nitrogens with two attached hydrogens (primary N) is 1. The monoisotopic (exact) mass is 247 g/mol. The normalized spacial score (nSPS) is 10.3. The molecule has 0 bridgehead atoms. The van der Waals surface area contributed by atoms with Gasteiger partial charge in [-0.3, -0.25) is 0 Å². The van der Waals surface area contributed by atoms with E-state index >= 15 is 0 Å². The summed E-state index contributed by atoms with van der Waals surface area (Å²) in [5.41, 5.74) is 6.34. The first-order valence-electron chi connectivity index (χ1n) is 5.81. The number of rotatable bonds is 6. The number of aryl methyl sites for hydroxylation is 1. The van der Waals surface area contributed by atoms with Crippen LogP contribution in [0.2, 0.25) is 0 Å². The van der Waals surface area contributed by atoms with Crippen molar-refractivity contribution in [3.8, 4) is 11.5 Å². The van der Waals surface area contributed by atoms with Crippen LogP contribution in [0.1, 0.15) is 6.42 Å². The summed E-state index contributed by atoms with van der Waals surface area (Å²) in [6.07, 6.45) is 6.40. The molecule has 0 aliphatic heterocycles. The van der Waals surface area contributed by atoms with Gasteiger partial charge in [0.05, 0.1) is 20.0 Å². The first-order valence-corrected chi connectivity index (χ1v) is 5.81. The molecule has 0 atom stereocenters. The Balaban J connectivity index is 1.83. The maximum atomic E-state index is 5.68. The van der Waals surface area contributed by atoms with Crippen molar-refractivity contribution in [1.29, 1.82) is 0 Å². The van der Waals surface area contributed by atoms with Crippen molar-refractivity contribution >= 4 is 5.69 Å². The Kier molecular flexibility index (Phi) is 4.06. The highest BCUT2D eigenvalue weighted by Crippen LogP contribution is 2.28. The highest BCUT2D eigenvalue weighted by Gasteiger charge is 2.04. The summed E-state index contributed by atoms with van der Waals surface area (Å²) in [6.45, 7) is 1.51. The number of hydrogen-bond donors (Lipinski definition) is 1. The van der Waals surface area contributed by atoms with Crippen LogP contribution in [0, 0.1) is 0 Å². The van der Waals surface area contributed by atoms with Crippen LogP contribution in [-0.4, -0.2) is 23.3 Å². The average Bonchev–Trinajstić information content (AvgIpc) is 2.89. The number of hydrogen-bond acceptors (Lipinski definition) is 4. The standard InChI is InChI=1S/C13H17N3O2/c1-17-13-9-11(14)3-4-12(13)18-8-2-6-16-7-5-15-10-16/h3-5,7,9-10H,2,6,8,14H2,1H3. The van der Waals surface area contributed by atoms with Gasteiger partial charge in [-0.15, -0.1) is 0 Å². The number of aromatic nitrogens is 2. The third-order valence-corrected chi connectivity index (χ3v) is 2.57. The van der Waals surface area contributed by atoms with E-state index in [0.717, 1.165) is 18.7 Å². The fourth-order valence-electron chi connectivity index (χ4n) is 1.65. The lowest BCUT2D eigenvalue weighted by Gasteiger charge is -2.11. The average molecular weight is 247 g/mol. The molecule has 2 N–H and O–H groups in total. The Morgan fingerprint density at radius 3 is 2.94 bits per heavy atom. The summed E-state index contributed by atoms with van der Waals surface area (Å²) in [5, 5.41) is 0. The lowest BCUT2D eigenvalue weighted by molar-refractivity contribution is 0.283. The van der Waals surface area contributed by atoms with Gasteiger partial charge < -0.3 is 19.8 Å². The van der Waals surface area contributed by atoms with Crippen LogP contribution >= 0.6 is 0 Å². The van der Waals surface area contributed by atoms with Gasteiger partial charge in [-0.25, -0.2) is 4.98 Å². The van der Waals surface area contributed by atoms with Gasteiger partial charge in [0.15, 0.2) is 11.5 Å². The number of methoxy groups -OCH3 is 1. The van der Waals surface area contributed by atoms with E-state index < -0.39 is 0 Å². The molecule has 0 unspecified atom stereocenters. The van der Waals surface area contributed by atoms with E-state index in [1.807, 2.05) is 16.8 Å². The summed E-state index contributed by atoms with van der Waals surface area (Å²) in [7, 11) is 1.60. The van der Waals surface area contributed by atoms with Crippen LogP contribution in [0.4, 0.5) is 5.69 Å². The number of benzene rings is 1. The van der Waals surface area contributed by atoms with Crippen molar-refractivity contribution < 1.29 is 9.47 Å². The SMILES string of the molecule is COc1cc(N)ccc1OCCCn1ccnc1. The van der Waals surface area contributed by atoms with Crippen molar-refractivity contribution in [2.24, 2.45) is 0 Å². The van der Waals surface area contributed by atoms with Crippen LogP contribution in [0.5, 0.6) is 11.5 Å². The molecule has 18 heavy (non-hydrogen) atoms. The first kappa shape index (κ1) is 12.3. The molecule has 0 fully saturated rings. The number of imidazole rings is 1.